The van der Waals surface area contributed by atoms with Crippen LogP contribution in [0.25, 0.3) is 5.32 Å². The van der Waals surface area contributed by atoms with Crippen molar-refractivity contribution in [3.63, 3.8) is 0 Å². The third-order valence-electron chi connectivity index (χ3n) is 1.80. The molecule has 88 valence electrons. The molecule has 0 radical (unpaired) electrons. The van der Waals surface area contributed by atoms with Gasteiger partial charge in [0.1, 0.15) is 0 Å². The smallest absolute Gasteiger partial charge is 0.658 e. The van der Waals surface area contributed by atoms with E-state index in [0.717, 1.165) is 0 Å². The van der Waals surface area contributed by atoms with Gasteiger partial charge in [0, 0.05) is 0 Å². The average Bonchev–Trinajstić information content (AvgIpc) is 2.04. The Hall–Kier alpha value is 0.557. The van der Waals surface area contributed by atoms with Crippen LogP contribution in [-0.4, -0.2) is 12.1 Å². The van der Waals surface area contributed by atoms with Crippen LogP contribution >= 0.6 is 0 Å². The van der Waals surface area contributed by atoms with Crippen molar-refractivity contribution < 1.29 is 18.9 Å². The first-order valence-corrected chi connectivity index (χ1v) is 6.24. The van der Waals surface area contributed by atoms with Gasteiger partial charge in [-0.15, -0.1) is 12.1 Å². The van der Waals surface area contributed by atoms with Crippen LogP contribution in [0, 0.1) is 0 Å². The zero-order chi connectivity index (χ0) is 11.4. The Kier molecular flexibility index (Phi) is 23.7. The van der Waals surface area contributed by atoms with Gasteiger partial charge >= 0.3 is 18.9 Å². The van der Waals surface area contributed by atoms with Crippen LogP contribution in [0.2, 0.25) is 0 Å². The fraction of sp³-hybridized carbons (Fsp3) is 1.00. The monoisotopic (exact) mass is 207 g/mol. The summed E-state index contributed by atoms with van der Waals surface area (Å²) in [6, 6.07) is 1.000. The molecule has 0 aliphatic heterocycles. The Balaban J connectivity index is -0.000000180. The molecule has 0 amide bonds. The summed E-state index contributed by atoms with van der Waals surface area (Å²) in [7, 11) is 0. The van der Waals surface area contributed by atoms with Crippen molar-refractivity contribution in [1.29, 1.82) is 0 Å². The Morgan fingerprint density at radius 3 is 1.20 bits per heavy atom. The summed E-state index contributed by atoms with van der Waals surface area (Å²) in [5, 5.41) is 4.28. The molecule has 0 N–H and O–H groups in total. The first-order chi connectivity index (χ1) is 6.54. The minimum Gasteiger partial charge on any atom is -0.658 e. The molecule has 1 nitrogen and oxygen atoms in total. The quantitative estimate of drug-likeness (QED) is 0.468. The molecule has 0 aliphatic rings. The maximum absolute atomic E-state index is 4.28. The molecule has 0 aromatic rings. The van der Waals surface area contributed by atoms with E-state index in [1.165, 1.54) is 32.1 Å². The van der Waals surface area contributed by atoms with Crippen LogP contribution in [0.15, 0.2) is 0 Å². The Labute approximate surface area is 110 Å². The number of unbranched alkanes of at least 4 members (excludes halogenated alkanes) is 4. The van der Waals surface area contributed by atoms with Crippen molar-refractivity contribution in [2.24, 2.45) is 0 Å². The van der Waals surface area contributed by atoms with Gasteiger partial charge in [-0.1, -0.05) is 73.6 Å². The summed E-state index contributed by atoms with van der Waals surface area (Å²) in [6.45, 7) is 12.9. The van der Waals surface area contributed by atoms with Gasteiger partial charge < -0.3 is 5.32 Å². The number of nitrogens with zero attached hydrogens (tertiary/aromatic N) is 1. The number of rotatable bonds is 6. The van der Waals surface area contributed by atoms with Crippen LogP contribution in [0.1, 0.15) is 73.6 Å². The maximum atomic E-state index is 4.28. The van der Waals surface area contributed by atoms with E-state index in [1.54, 1.807) is 0 Å². The van der Waals surface area contributed by atoms with Crippen molar-refractivity contribution in [2.75, 3.05) is 0 Å². The average molecular weight is 207 g/mol. The molecule has 0 aromatic heterocycles. The van der Waals surface area contributed by atoms with E-state index in [2.05, 4.69) is 46.9 Å². The molecule has 0 fully saturated rings. The molecule has 0 saturated heterocycles. The van der Waals surface area contributed by atoms with Crippen molar-refractivity contribution in [1.82, 2.24) is 0 Å². The predicted octanol–water partition coefficient (Wildman–Crippen LogP) is 2.16. The van der Waals surface area contributed by atoms with Crippen molar-refractivity contribution in [3.05, 3.63) is 5.32 Å². The maximum Gasteiger partial charge on any atom is 1.00 e. The van der Waals surface area contributed by atoms with Crippen molar-refractivity contribution in [3.8, 4) is 0 Å². The van der Waals surface area contributed by atoms with E-state index in [4.69, 9.17) is 0 Å². The van der Waals surface area contributed by atoms with Crippen LogP contribution in [-0.2, 0) is 0 Å². The second-order valence-electron chi connectivity index (χ2n) is 4.40. The van der Waals surface area contributed by atoms with E-state index in [1.807, 2.05) is 0 Å². The van der Waals surface area contributed by atoms with Crippen molar-refractivity contribution in [2.45, 2.75) is 85.7 Å². The topological polar surface area (TPSA) is 14.1 Å². The zero-order valence-electron chi connectivity index (χ0n) is 12.1. The molecule has 0 aliphatic carbocycles. The van der Waals surface area contributed by atoms with E-state index >= 15 is 0 Å². The van der Waals surface area contributed by atoms with Gasteiger partial charge in [0.15, 0.2) is 0 Å². The van der Waals surface area contributed by atoms with Crippen LogP contribution < -0.4 is 18.9 Å². The predicted molar refractivity (Wildman–Crippen MR) is 68.1 cm³/mol. The fourth-order valence-corrected chi connectivity index (χ4v) is 1.27. The molecule has 0 bridgehead atoms. The largest absolute Gasteiger partial charge is 1.00 e. The Morgan fingerprint density at radius 2 is 1.07 bits per heavy atom. The van der Waals surface area contributed by atoms with Crippen LogP contribution in [0.4, 0.5) is 0 Å². The fourth-order valence-electron chi connectivity index (χ4n) is 1.27. The van der Waals surface area contributed by atoms with E-state index < -0.39 is 0 Å². The molecule has 0 rings (SSSR count). The van der Waals surface area contributed by atoms with Crippen LogP contribution in [0.3, 0.4) is 0 Å². The third-order valence-corrected chi connectivity index (χ3v) is 1.80. The standard InChI is InChI=1S/C7H16.C6H14N.Li/c1-3-5-7-6-4-2;1-5(2)7-6(3)4;/h3-7H2,1-2H3;5-6H,1-4H3;/q;-1;+1. The molecular weight excluding hydrogens is 177 g/mol. The summed E-state index contributed by atoms with van der Waals surface area (Å²) in [4.78, 5) is 0. The second-order valence-corrected chi connectivity index (χ2v) is 4.40. The molecule has 0 unspecified atom stereocenters. The molecule has 0 atom stereocenters. The van der Waals surface area contributed by atoms with Gasteiger partial charge in [-0.25, -0.2) is 0 Å². The third kappa shape index (κ3) is 31.3. The minimum atomic E-state index is 0. The summed E-state index contributed by atoms with van der Waals surface area (Å²) >= 11 is 0. The first-order valence-electron chi connectivity index (χ1n) is 6.24. The van der Waals surface area contributed by atoms with Gasteiger partial charge in [0.2, 0.25) is 0 Å². The second kappa shape index (κ2) is 17.0. The molecule has 2 heteroatoms. The molecule has 0 spiro atoms. The summed E-state index contributed by atoms with van der Waals surface area (Å²) in [5.41, 5.74) is 0. The molecular formula is C13H30LiN. The first kappa shape index (κ1) is 20.9. The van der Waals surface area contributed by atoms with Gasteiger partial charge in [-0.3, -0.25) is 0 Å². The molecule has 15 heavy (non-hydrogen) atoms. The van der Waals surface area contributed by atoms with Gasteiger partial charge in [-0.05, 0) is 0 Å². The number of hydrogen-bond donors (Lipinski definition) is 0. The van der Waals surface area contributed by atoms with E-state index in [-0.39, 0.29) is 18.9 Å². The number of hydrogen-bond acceptors (Lipinski definition) is 0. The Bertz CT molecular complexity index is 82.5. The molecule has 0 saturated carbocycles. The summed E-state index contributed by atoms with van der Waals surface area (Å²) in [6.07, 6.45) is 7.01. The van der Waals surface area contributed by atoms with E-state index in [0.29, 0.717) is 12.1 Å². The van der Waals surface area contributed by atoms with E-state index in [9.17, 15) is 0 Å². The molecule has 0 heterocycles. The summed E-state index contributed by atoms with van der Waals surface area (Å²) < 4.78 is 0. The SMILES string of the molecule is CC(C)[N-]C(C)C.CCCCCCC.[Li+]. The Morgan fingerprint density at radius 1 is 0.733 bits per heavy atom. The minimum absolute atomic E-state index is 0. The van der Waals surface area contributed by atoms with Crippen molar-refractivity contribution >= 4 is 0 Å². The van der Waals surface area contributed by atoms with Gasteiger partial charge in [-0.2, -0.15) is 0 Å². The normalized spacial score (nSPS) is 9.60. The summed E-state index contributed by atoms with van der Waals surface area (Å²) in [5.74, 6) is 0. The van der Waals surface area contributed by atoms with Gasteiger partial charge in [0.25, 0.3) is 0 Å². The molecule has 0 aromatic carbocycles. The van der Waals surface area contributed by atoms with Crippen LogP contribution in [0.5, 0.6) is 0 Å². The zero-order valence-corrected chi connectivity index (χ0v) is 12.1. The van der Waals surface area contributed by atoms with Gasteiger partial charge in [0.05, 0.1) is 0 Å².